The van der Waals surface area contributed by atoms with Crippen molar-refractivity contribution in [2.45, 2.75) is 25.8 Å². The van der Waals surface area contributed by atoms with E-state index in [1.165, 1.54) is 0 Å². The quantitative estimate of drug-likeness (QED) is 0.599. The Kier molecular flexibility index (Phi) is 3.99. The summed E-state index contributed by atoms with van der Waals surface area (Å²) in [4.78, 5) is 39.0. The summed E-state index contributed by atoms with van der Waals surface area (Å²) in [6.45, 7) is 1.91. The average Bonchev–Trinajstić information content (AvgIpc) is 2.40. The van der Waals surface area contributed by atoms with E-state index in [1.54, 1.807) is 18.2 Å². The van der Waals surface area contributed by atoms with Crippen LogP contribution in [0.4, 0.5) is 5.69 Å². The Morgan fingerprint density at radius 1 is 1.25 bits per heavy atom. The first-order valence-corrected chi connectivity index (χ1v) is 6.31. The highest BCUT2D eigenvalue weighted by Gasteiger charge is 2.08. The molecule has 0 radical (unpaired) electrons. The number of H-pyrrole nitrogens is 2. The Hall–Kier alpha value is -2.41. The van der Waals surface area contributed by atoms with Crippen LogP contribution in [-0.2, 0) is 4.79 Å². The van der Waals surface area contributed by atoms with Crippen LogP contribution in [0.15, 0.2) is 27.8 Å². The SMILES string of the molecule is CCC(N)CC(=O)Nc1ccc2[nH]c(=O)c(=O)[nH]c2c1. The maximum absolute atomic E-state index is 11.7. The number of amides is 1. The molecule has 0 bridgehead atoms. The number of carbonyl (C=O) groups excluding carboxylic acids is 1. The molecule has 0 aliphatic carbocycles. The molecule has 106 valence electrons. The highest BCUT2D eigenvalue weighted by atomic mass is 16.2. The van der Waals surface area contributed by atoms with Crippen molar-refractivity contribution in [3.63, 3.8) is 0 Å². The minimum atomic E-state index is -0.728. The number of nitrogens with one attached hydrogen (secondary N) is 3. The summed E-state index contributed by atoms with van der Waals surface area (Å²) < 4.78 is 0. The molecule has 20 heavy (non-hydrogen) atoms. The molecule has 0 aliphatic rings. The molecule has 7 nitrogen and oxygen atoms in total. The standard InChI is InChI=1S/C13H16N4O3/c1-2-7(14)5-11(18)15-8-3-4-9-10(6-8)17-13(20)12(19)16-9/h3-4,6-7H,2,5,14H2,1H3,(H,15,18)(H,16,19)(H,17,20). The number of hydrogen-bond donors (Lipinski definition) is 4. The molecule has 5 N–H and O–H groups in total. The number of nitrogens with two attached hydrogens (primary N) is 1. The van der Waals surface area contributed by atoms with E-state index in [1.807, 2.05) is 6.92 Å². The van der Waals surface area contributed by atoms with Gasteiger partial charge in [0.05, 0.1) is 11.0 Å². The Balaban J connectivity index is 2.24. The van der Waals surface area contributed by atoms with Gasteiger partial charge in [-0.25, -0.2) is 0 Å². The first kappa shape index (κ1) is 14.0. The van der Waals surface area contributed by atoms with Crippen molar-refractivity contribution in [3.05, 3.63) is 38.9 Å². The van der Waals surface area contributed by atoms with Gasteiger partial charge in [0.25, 0.3) is 0 Å². The Bertz CT molecular complexity index is 747. The van der Waals surface area contributed by atoms with Gasteiger partial charge in [-0.2, -0.15) is 0 Å². The first-order chi connectivity index (χ1) is 9.49. The molecular weight excluding hydrogens is 260 g/mol. The molecule has 1 amide bonds. The van der Waals surface area contributed by atoms with Gasteiger partial charge >= 0.3 is 11.1 Å². The Morgan fingerprint density at radius 2 is 1.90 bits per heavy atom. The normalized spacial score (nSPS) is 12.3. The van der Waals surface area contributed by atoms with Crippen molar-refractivity contribution in [1.82, 2.24) is 9.97 Å². The van der Waals surface area contributed by atoms with Crippen LogP contribution in [0.1, 0.15) is 19.8 Å². The molecular formula is C13H16N4O3. The van der Waals surface area contributed by atoms with E-state index in [2.05, 4.69) is 15.3 Å². The highest BCUT2D eigenvalue weighted by molar-refractivity contribution is 5.93. The second-order valence-electron chi connectivity index (χ2n) is 4.59. The number of aromatic nitrogens is 2. The van der Waals surface area contributed by atoms with Gasteiger partial charge in [0.2, 0.25) is 5.91 Å². The van der Waals surface area contributed by atoms with E-state index >= 15 is 0 Å². The molecule has 7 heteroatoms. The van der Waals surface area contributed by atoms with E-state index in [4.69, 9.17) is 5.73 Å². The molecule has 0 saturated heterocycles. The van der Waals surface area contributed by atoms with Crippen LogP contribution in [-0.4, -0.2) is 21.9 Å². The Labute approximate surface area is 114 Å². The molecule has 0 fully saturated rings. The van der Waals surface area contributed by atoms with Gasteiger partial charge in [0.15, 0.2) is 0 Å². The second kappa shape index (κ2) is 5.70. The lowest BCUT2D eigenvalue weighted by Gasteiger charge is -2.09. The summed E-state index contributed by atoms with van der Waals surface area (Å²) in [5.41, 5.74) is 5.76. The van der Waals surface area contributed by atoms with Gasteiger partial charge in [0.1, 0.15) is 0 Å². The van der Waals surface area contributed by atoms with Crippen molar-refractivity contribution < 1.29 is 4.79 Å². The summed E-state index contributed by atoms with van der Waals surface area (Å²) in [5, 5.41) is 2.70. The first-order valence-electron chi connectivity index (χ1n) is 6.31. The smallest absolute Gasteiger partial charge is 0.314 e. The molecule has 1 atom stereocenters. The lowest BCUT2D eigenvalue weighted by atomic mass is 10.1. The van der Waals surface area contributed by atoms with Crippen LogP contribution in [0.2, 0.25) is 0 Å². The molecule has 2 aromatic rings. The van der Waals surface area contributed by atoms with Crippen LogP contribution < -0.4 is 22.2 Å². The second-order valence-corrected chi connectivity index (χ2v) is 4.59. The Morgan fingerprint density at radius 3 is 2.55 bits per heavy atom. The summed E-state index contributed by atoms with van der Waals surface area (Å²) in [6, 6.07) is 4.67. The number of hydrogen-bond acceptors (Lipinski definition) is 4. The molecule has 1 unspecified atom stereocenters. The zero-order chi connectivity index (χ0) is 14.7. The number of carbonyl (C=O) groups is 1. The number of rotatable bonds is 4. The fourth-order valence-electron chi connectivity index (χ4n) is 1.79. The van der Waals surface area contributed by atoms with Crippen LogP contribution in [0.25, 0.3) is 11.0 Å². The van der Waals surface area contributed by atoms with E-state index in [0.29, 0.717) is 16.7 Å². The summed E-state index contributed by atoms with van der Waals surface area (Å²) >= 11 is 0. The fraction of sp³-hybridized carbons (Fsp3) is 0.308. The van der Waals surface area contributed by atoms with Crippen LogP contribution in [0.3, 0.4) is 0 Å². The van der Waals surface area contributed by atoms with Crippen LogP contribution >= 0.6 is 0 Å². The lowest BCUT2D eigenvalue weighted by molar-refractivity contribution is -0.116. The maximum Gasteiger partial charge on any atom is 0.314 e. The average molecular weight is 276 g/mol. The number of benzene rings is 1. The van der Waals surface area contributed by atoms with Gasteiger partial charge in [-0.3, -0.25) is 14.4 Å². The minimum Gasteiger partial charge on any atom is -0.327 e. The number of aromatic amines is 2. The third kappa shape index (κ3) is 3.12. The van der Waals surface area contributed by atoms with E-state index in [0.717, 1.165) is 6.42 Å². The van der Waals surface area contributed by atoms with Crippen molar-refractivity contribution in [2.24, 2.45) is 5.73 Å². The van der Waals surface area contributed by atoms with Gasteiger partial charge in [-0.15, -0.1) is 0 Å². The van der Waals surface area contributed by atoms with Crippen molar-refractivity contribution in [1.29, 1.82) is 0 Å². The zero-order valence-electron chi connectivity index (χ0n) is 11.0. The maximum atomic E-state index is 11.7. The molecule has 1 heterocycles. The zero-order valence-corrected chi connectivity index (χ0v) is 11.0. The fourth-order valence-corrected chi connectivity index (χ4v) is 1.79. The predicted molar refractivity (Wildman–Crippen MR) is 76.7 cm³/mol. The molecule has 0 aliphatic heterocycles. The summed E-state index contributed by atoms with van der Waals surface area (Å²) in [6.07, 6.45) is 0.955. The summed E-state index contributed by atoms with van der Waals surface area (Å²) in [7, 11) is 0. The van der Waals surface area contributed by atoms with E-state index < -0.39 is 11.1 Å². The van der Waals surface area contributed by atoms with Crippen molar-refractivity contribution in [3.8, 4) is 0 Å². The molecule has 0 saturated carbocycles. The minimum absolute atomic E-state index is 0.174. The molecule has 2 rings (SSSR count). The lowest BCUT2D eigenvalue weighted by Crippen LogP contribution is -2.29. The van der Waals surface area contributed by atoms with E-state index in [-0.39, 0.29) is 18.4 Å². The predicted octanol–water partition coefficient (Wildman–Crippen LogP) is 0.282. The van der Waals surface area contributed by atoms with Crippen LogP contribution in [0, 0.1) is 0 Å². The third-order valence-corrected chi connectivity index (χ3v) is 2.98. The number of anilines is 1. The topological polar surface area (TPSA) is 121 Å². The van der Waals surface area contributed by atoms with E-state index in [9.17, 15) is 14.4 Å². The third-order valence-electron chi connectivity index (χ3n) is 2.98. The monoisotopic (exact) mass is 276 g/mol. The molecule has 1 aromatic carbocycles. The van der Waals surface area contributed by atoms with Gasteiger partial charge in [0, 0.05) is 18.2 Å². The van der Waals surface area contributed by atoms with Crippen molar-refractivity contribution >= 4 is 22.6 Å². The summed E-state index contributed by atoms with van der Waals surface area (Å²) in [5.74, 6) is -0.189. The van der Waals surface area contributed by atoms with Crippen molar-refractivity contribution in [2.75, 3.05) is 5.32 Å². The molecule has 0 spiro atoms. The largest absolute Gasteiger partial charge is 0.327 e. The van der Waals surface area contributed by atoms with Gasteiger partial charge in [-0.1, -0.05) is 6.92 Å². The van der Waals surface area contributed by atoms with Crippen LogP contribution in [0.5, 0.6) is 0 Å². The highest BCUT2D eigenvalue weighted by Crippen LogP contribution is 2.14. The molecule has 1 aromatic heterocycles. The number of fused-ring (bicyclic) bond motifs is 1. The van der Waals surface area contributed by atoms with Gasteiger partial charge < -0.3 is 21.0 Å². The van der Waals surface area contributed by atoms with Gasteiger partial charge in [-0.05, 0) is 24.6 Å².